The van der Waals surface area contributed by atoms with Crippen molar-refractivity contribution in [2.24, 2.45) is 11.8 Å². The normalized spacial score (nSPS) is 47.0. The lowest BCUT2D eigenvalue weighted by Gasteiger charge is -2.21. The number of hydrogen-bond acceptors (Lipinski definition) is 2. The smallest absolute Gasteiger partial charge is 0.306 e. The van der Waals surface area contributed by atoms with E-state index in [1.165, 1.54) is 0 Å². The third-order valence-corrected chi connectivity index (χ3v) is 3.02. The van der Waals surface area contributed by atoms with E-state index in [1.807, 2.05) is 0 Å². The van der Waals surface area contributed by atoms with Crippen LogP contribution < -0.4 is 0 Å². The summed E-state index contributed by atoms with van der Waals surface area (Å²) in [6, 6.07) is 0. The lowest BCUT2D eigenvalue weighted by atomic mass is 9.94. The first-order chi connectivity index (χ1) is 5.12. The fraction of sp³-hybridized carbons (Fsp3) is 0.875. The van der Waals surface area contributed by atoms with Gasteiger partial charge in [0.25, 0.3) is 0 Å². The maximum absolute atomic E-state index is 10.4. The summed E-state index contributed by atoms with van der Waals surface area (Å²) in [5.41, 5.74) is -0.851. The fourth-order valence-electron chi connectivity index (χ4n) is 2.33. The molecule has 3 heteroatoms. The molecule has 0 aromatic heterocycles. The Morgan fingerprint density at radius 2 is 2.36 bits per heavy atom. The Morgan fingerprint density at radius 1 is 1.64 bits per heavy atom. The number of rotatable bonds is 2. The van der Waals surface area contributed by atoms with Crippen LogP contribution in [-0.4, -0.2) is 21.8 Å². The molecule has 0 aliphatic heterocycles. The molecule has 0 saturated heterocycles. The number of carboxylic acid groups (broad SMARTS) is 1. The van der Waals surface area contributed by atoms with Crippen molar-refractivity contribution < 1.29 is 15.0 Å². The predicted octanol–water partition coefficient (Wildman–Crippen LogP) is 0.622. The quantitative estimate of drug-likeness (QED) is 0.616. The van der Waals surface area contributed by atoms with E-state index in [9.17, 15) is 9.90 Å². The zero-order valence-corrected chi connectivity index (χ0v) is 6.29. The van der Waals surface area contributed by atoms with Crippen LogP contribution in [0.25, 0.3) is 0 Å². The maximum Gasteiger partial charge on any atom is 0.306 e. The summed E-state index contributed by atoms with van der Waals surface area (Å²) in [5.74, 6) is 0.0676. The number of fused-ring (bicyclic) bond motifs is 1. The van der Waals surface area contributed by atoms with Crippen molar-refractivity contribution in [3.63, 3.8) is 0 Å². The van der Waals surface area contributed by atoms with Crippen LogP contribution in [0, 0.1) is 11.8 Å². The second-order valence-corrected chi connectivity index (χ2v) is 3.82. The maximum atomic E-state index is 10.4. The third-order valence-electron chi connectivity index (χ3n) is 3.02. The molecule has 1 unspecified atom stereocenters. The molecule has 0 spiro atoms. The molecule has 2 N–H and O–H groups in total. The highest BCUT2D eigenvalue weighted by atomic mass is 16.4. The summed E-state index contributed by atoms with van der Waals surface area (Å²) in [5, 5.41) is 18.3. The first-order valence-electron chi connectivity index (χ1n) is 4.06. The van der Waals surface area contributed by atoms with Crippen molar-refractivity contribution in [1.82, 2.24) is 0 Å². The van der Waals surface area contributed by atoms with E-state index in [0.717, 1.165) is 12.8 Å². The molecule has 62 valence electrons. The topological polar surface area (TPSA) is 57.5 Å². The molecular weight excluding hydrogens is 144 g/mol. The van der Waals surface area contributed by atoms with Crippen LogP contribution in [0.15, 0.2) is 0 Å². The lowest BCUT2D eigenvalue weighted by Crippen LogP contribution is -2.31. The van der Waals surface area contributed by atoms with Gasteiger partial charge in [0.15, 0.2) is 0 Å². The van der Waals surface area contributed by atoms with E-state index >= 15 is 0 Å². The van der Waals surface area contributed by atoms with Crippen molar-refractivity contribution in [2.45, 2.75) is 31.3 Å². The summed E-state index contributed by atoms with van der Waals surface area (Å²) >= 11 is 0. The Morgan fingerprint density at radius 3 is 2.73 bits per heavy atom. The summed E-state index contributed by atoms with van der Waals surface area (Å²) in [6.07, 6.45) is 2.70. The molecule has 2 rings (SSSR count). The van der Waals surface area contributed by atoms with Gasteiger partial charge in [-0.15, -0.1) is 0 Å². The molecule has 3 atom stereocenters. The van der Waals surface area contributed by atoms with Gasteiger partial charge in [-0.2, -0.15) is 0 Å². The summed E-state index contributed by atoms with van der Waals surface area (Å²) in [7, 11) is 0. The van der Waals surface area contributed by atoms with E-state index in [2.05, 4.69) is 0 Å². The summed E-state index contributed by atoms with van der Waals surface area (Å²) in [4.78, 5) is 10.4. The van der Waals surface area contributed by atoms with Gasteiger partial charge in [0.2, 0.25) is 0 Å². The van der Waals surface area contributed by atoms with Gasteiger partial charge in [0, 0.05) is 0 Å². The average Bonchev–Trinajstić information content (AvgIpc) is 2.55. The molecule has 0 heterocycles. The highest BCUT2D eigenvalue weighted by Crippen LogP contribution is 2.58. The molecule has 0 aromatic carbocycles. The van der Waals surface area contributed by atoms with Gasteiger partial charge in [-0.25, -0.2) is 0 Å². The van der Waals surface area contributed by atoms with Crippen LogP contribution >= 0.6 is 0 Å². The van der Waals surface area contributed by atoms with E-state index in [4.69, 9.17) is 5.11 Å². The summed E-state index contributed by atoms with van der Waals surface area (Å²) < 4.78 is 0. The number of aliphatic hydroxyl groups is 1. The van der Waals surface area contributed by atoms with Gasteiger partial charge in [-0.3, -0.25) is 4.79 Å². The third kappa shape index (κ3) is 1.03. The van der Waals surface area contributed by atoms with Gasteiger partial charge in [0.05, 0.1) is 12.0 Å². The largest absolute Gasteiger partial charge is 0.481 e. The van der Waals surface area contributed by atoms with Crippen LogP contribution in [0.2, 0.25) is 0 Å². The molecular formula is C8H12O3. The van der Waals surface area contributed by atoms with Crippen LogP contribution in [-0.2, 0) is 4.79 Å². The first kappa shape index (κ1) is 7.10. The zero-order valence-electron chi connectivity index (χ0n) is 6.29. The predicted molar refractivity (Wildman–Crippen MR) is 38.0 cm³/mol. The van der Waals surface area contributed by atoms with Crippen molar-refractivity contribution in [2.75, 3.05) is 0 Å². The minimum Gasteiger partial charge on any atom is -0.481 e. The molecule has 2 aliphatic rings. The van der Waals surface area contributed by atoms with Crippen LogP contribution in [0.1, 0.15) is 25.7 Å². The van der Waals surface area contributed by atoms with E-state index in [0.29, 0.717) is 18.3 Å². The molecule has 2 aliphatic carbocycles. The second kappa shape index (κ2) is 1.97. The Kier molecular flexibility index (Phi) is 1.27. The second-order valence-electron chi connectivity index (χ2n) is 3.82. The standard InChI is InChI=1S/C8H12O3/c9-7(10)4-8(11)2-1-5-3-6(5)8/h5-6,11H,1-4H2,(H,9,10)/t5-,6+,8?/m1/s1. The number of hydrogen-bond donors (Lipinski definition) is 2. The van der Waals surface area contributed by atoms with Crippen LogP contribution in [0.5, 0.6) is 0 Å². The molecule has 0 radical (unpaired) electrons. The van der Waals surface area contributed by atoms with Gasteiger partial charge in [-0.1, -0.05) is 0 Å². The number of aliphatic carboxylic acids is 1. The Labute approximate surface area is 65.0 Å². The fourth-order valence-corrected chi connectivity index (χ4v) is 2.33. The van der Waals surface area contributed by atoms with E-state index in [1.54, 1.807) is 0 Å². The van der Waals surface area contributed by atoms with Gasteiger partial charge < -0.3 is 10.2 Å². The first-order valence-corrected chi connectivity index (χ1v) is 4.06. The van der Waals surface area contributed by atoms with Crippen molar-refractivity contribution in [1.29, 1.82) is 0 Å². The minimum absolute atomic E-state index is 0.0613. The summed E-state index contributed by atoms with van der Waals surface area (Å²) in [6.45, 7) is 0. The number of carboxylic acids is 1. The highest BCUT2D eigenvalue weighted by molar-refractivity contribution is 5.68. The van der Waals surface area contributed by atoms with Gasteiger partial charge in [0.1, 0.15) is 0 Å². The Bertz CT molecular complexity index is 202. The van der Waals surface area contributed by atoms with E-state index < -0.39 is 11.6 Å². The van der Waals surface area contributed by atoms with Gasteiger partial charge in [-0.05, 0) is 31.1 Å². The van der Waals surface area contributed by atoms with Gasteiger partial charge >= 0.3 is 5.97 Å². The molecule has 3 nitrogen and oxygen atoms in total. The van der Waals surface area contributed by atoms with Crippen molar-refractivity contribution >= 4 is 5.97 Å². The molecule has 0 bridgehead atoms. The minimum atomic E-state index is -0.875. The SMILES string of the molecule is O=C(O)CC1(O)CC[C@@H]2C[C@@H]21. The Hall–Kier alpha value is -0.570. The molecule has 11 heavy (non-hydrogen) atoms. The van der Waals surface area contributed by atoms with Crippen molar-refractivity contribution in [3.05, 3.63) is 0 Å². The monoisotopic (exact) mass is 156 g/mol. The molecule has 0 aromatic rings. The molecule has 0 amide bonds. The molecule has 2 saturated carbocycles. The lowest BCUT2D eigenvalue weighted by molar-refractivity contribution is -0.143. The zero-order chi connectivity index (χ0) is 8.06. The van der Waals surface area contributed by atoms with E-state index in [-0.39, 0.29) is 6.42 Å². The van der Waals surface area contributed by atoms with Crippen LogP contribution in [0.3, 0.4) is 0 Å². The number of carbonyl (C=O) groups is 1. The highest BCUT2D eigenvalue weighted by Gasteiger charge is 2.57. The van der Waals surface area contributed by atoms with Crippen LogP contribution in [0.4, 0.5) is 0 Å². The Balaban J connectivity index is 2.04. The molecule has 2 fully saturated rings. The van der Waals surface area contributed by atoms with Crippen molar-refractivity contribution in [3.8, 4) is 0 Å². The average molecular weight is 156 g/mol.